The van der Waals surface area contributed by atoms with E-state index in [1.165, 1.54) is 0 Å². The summed E-state index contributed by atoms with van der Waals surface area (Å²) < 4.78 is 0. The molecule has 80 valence electrons. The molecule has 0 bridgehead atoms. The molecule has 0 spiro atoms. The van der Waals surface area contributed by atoms with Crippen molar-refractivity contribution in [1.82, 2.24) is 0 Å². The lowest BCUT2D eigenvalue weighted by Crippen LogP contribution is -1.98. The van der Waals surface area contributed by atoms with Crippen LogP contribution in [0.1, 0.15) is 25.7 Å². The Labute approximate surface area is 91.8 Å². The van der Waals surface area contributed by atoms with Crippen LogP contribution in [-0.4, -0.2) is 6.29 Å². The Hall–Kier alpha value is -1.37. The maximum absolute atomic E-state index is 10.3. The molecule has 1 aromatic carbocycles. The van der Waals surface area contributed by atoms with Gasteiger partial charge in [0.2, 0.25) is 0 Å². The van der Waals surface area contributed by atoms with Gasteiger partial charge in [0.05, 0.1) is 0 Å². The van der Waals surface area contributed by atoms with E-state index >= 15 is 0 Å². The van der Waals surface area contributed by atoms with Crippen molar-refractivity contribution in [2.24, 2.45) is 5.92 Å². The summed E-state index contributed by atoms with van der Waals surface area (Å²) in [4.78, 5) is 10.3. The average Bonchev–Trinajstić information content (AvgIpc) is 2.60. The fourth-order valence-corrected chi connectivity index (χ4v) is 1.52. The Morgan fingerprint density at radius 3 is 1.53 bits per heavy atom. The molecule has 0 aromatic heterocycles. The molecule has 0 fully saturated rings. The third kappa shape index (κ3) is 5.84. The second-order valence-electron chi connectivity index (χ2n) is 3.68. The first-order valence-electron chi connectivity index (χ1n) is 5.54. The smallest absolute Gasteiger partial charge is 0.123 e. The van der Waals surface area contributed by atoms with Crippen molar-refractivity contribution in [1.29, 1.82) is 0 Å². The highest BCUT2D eigenvalue weighted by molar-refractivity contribution is 5.53. The molecule has 15 heavy (non-hydrogen) atoms. The molecule has 0 heterocycles. The van der Waals surface area contributed by atoms with Crippen LogP contribution < -0.4 is 0 Å². The van der Waals surface area contributed by atoms with E-state index in [-0.39, 0.29) is 0 Å². The largest absolute Gasteiger partial charge is 0.303 e. The van der Waals surface area contributed by atoms with Gasteiger partial charge in [-0.15, -0.1) is 0 Å². The molecule has 1 aromatic rings. The highest BCUT2D eigenvalue weighted by Gasteiger charge is 2.06. The van der Waals surface area contributed by atoms with Crippen LogP contribution in [0.2, 0.25) is 0 Å². The number of hydrogen-bond donors (Lipinski definition) is 0. The lowest BCUT2D eigenvalue weighted by molar-refractivity contribution is -0.111. The highest BCUT2D eigenvalue weighted by atomic mass is 16.1. The minimum Gasteiger partial charge on any atom is -0.303 e. The summed E-state index contributed by atoms with van der Waals surface area (Å²) >= 11 is 0. The number of hydrogen-bond acceptors (Lipinski definition) is 1. The molecule has 0 N–H and O–H groups in total. The van der Waals surface area contributed by atoms with Gasteiger partial charge < -0.3 is 4.79 Å². The summed E-state index contributed by atoms with van der Waals surface area (Å²) in [5.41, 5.74) is 0. The van der Waals surface area contributed by atoms with Crippen LogP contribution in [0.5, 0.6) is 0 Å². The zero-order valence-corrected chi connectivity index (χ0v) is 9.01. The highest BCUT2D eigenvalue weighted by Crippen LogP contribution is 2.15. The summed E-state index contributed by atoms with van der Waals surface area (Å²) in [6, 6.07) is 12.0. The van der Waals surface area contributed by atoms with E-state index in [1.54, 1.807) is 0 Å². The number of rotatable bonds is 1. The van der Waals surface area contributed by atoms with E-state index in [4.69, 9.17) is 0 Å². The second-order valence-corrected chi connectivity index (χ2v) is 3.68. The van der Waals surface area contributed by atoms with Gasteiger partial charge >= 0.3 is 0 Å². The van der Waals surface area contributed by atoms with Gasteiger partial charge in [0, 0.05) is 5.92 Å². The van der Waals surface area contributed by atoms with Crippen LogP contribution in [0.25, 0.3) is 0 Å². The predicted molar refractivity (Wildman–Crippen MR) is 63.6 cm³/mol. The lowest BCUT2D eigenvalue weighted by Gasteiger charge is -2.01. The van der Waals surface area contributed by atoms with Gasteiger partial charge in [-0.1, -0.05) is 48.6 Å². The van der Waals surface area contributed by atoms with Crippen LogP contribution in [0, 0.1) is 5.92 Å². The maximum Gasteiger partial charge on any atom is 0.123 e. The minimum absolute atomic E-state index is 0.333. The second kappa shape index (κ2) is 7.98. The summed E-state index contributed by atoms with van der Waals surface area (Å²) in [7, 11) is 0. The Morgan fingerprint density at radius 2 is 1.20 bits per heavy atom. The van der Waals surface area contributed by atoms with Gasteiger partial charge in [0.25, 0.3) is 0 Å². The van der Waals surface area contributed by atoms with Gasteiger partial charge in [0.1, 0.15) is 6.29 Å². The first-order chi connectivity index (χ1) is 7.43. The molecule has 1 nitrogen and oxygen atoms in total. The summed E-state index contributed by atoms with van der Waals surface area (Å²) in [5.74, 6) is 0.333. The Balaban J connectivity index is 0.000000162. The standard InChI is InChI=1S/C8H12O.C6H6/c9-7-8-5-3-1-2-4-6-8;1-2-4-6-5-3-1/h1-2,7-8H,3-6H2;1-6H. The van der Waals surface area contributed by atoms with Gasteiger partial charge in [-0.3, -0.25) is 0 Å². The van der Waals surface area contributed by atoms with Gasteiger partial charge in [0.15, 0.2) is 0 Å². The molecule has 1 heteroatoms. The maximum atomic E-state index is 10.3. The predicted octanol–water partition coefficient (Wildman–Crippen LogP) is 3.62. The van der Waals surface area contributed by atoms with E-state index < -0.39 is 0 Å². The Morgan fingerprint density at radius 1 is 0.800 bits per heavy atom. The lowest BCUT2D eigenvalue weighted by atomic mass is 10.0. The molecule has 1 aliphatic carbocycles. The Bertz CT molecular complexity index is 240. The summed E-state index contributed by atoms with van der Waals surface area (Å²) in [6.07, 6.45) is 9.72. The average molecular weight is 202 g/mol. The van der Waals surface area contributed by atoms with Crippen LogP contribution in [0.4, 0.5) is 0 Å². The zero-order valence-electron chi connectivity index (χ0n) is 9.01. The van der Waals surface area contributed by atoms with E-state index in [1.807, 2.05) is 36.4 Å². The van der Waals surface area contributed by atoms with Crippen molar-refractivity contribution >= 4 is 6.29 Å². The Kier molecular flexibility index (Phi) is 6.23. The van der Waals surface area contributed by atoms with Gasteiger partial charge in [-0.25, -0.2) is 0 Å². The fourth-order valence-electron chi connectivity index (χ4n) is 1.52. The molecular weight excluding hydrogens is 184 g/mol. The number of carbonyl (C=O) groups excluding carboxylic acids is 1. The van der Waals surface area contributed by atoms with E-state index in [0.717, 1.165) is 32.0 Å². The van der Waals surface area contributed by atoms with Crippen molar-refractivity contribution < 1.29 is 4.79 Å². The van der Waals surface area contributed by atoms with Gasteiger partial charge in [-0.05, 0) is 25.7 Å². The third-order valence-corrected chi connectivity index (χ3v) is 2.43. The first-order valence-corrected chi connectivity index (χ1v) is 5.54. The van der Waals surface area contributed by atoms with Gasteiger partial charge in [-0.2, -0.15) is 0 Å². The normalized spacial score (nSPS) is 16.0. The fraction of sp³-hybridized carbons (Fsp3) is 0.357. The van der Waals surface area contributed by atoms with E-state index in [2.05, 4.69) is 12.2 Å². The van der Waals surface area contributed by atoms with Crippen molar-refractivity contribution in [2.45, 2.75) is 25.7 Å². The third-order valence-electron chi connectivity index (χ3n) is 2.43. The van der Waals surface area contributed by atoms with Crippen LogP contribution >= 0.6 is 0 Å². The molecule has 2 rings (SSSR count). The summed E-state index contributed by atoms with van der Waals surface area (Å²) in [5, 5.41) is 0. The molecular formula is C14H18O. The SMILES string of the molecule is O=CC1CCC=CCC1.c1ccccc1. The molecule has 1 aliphatic rings. The molecule has 0 saturated heterocycles. The minimum atomic E-state index is 0.333. The van der Waals surface area contributed by atoms with Crippen molar-refractivity contribution in [3.63, 3.8) is 0 Å². The van der Waals surface area contributed by atoms with E-state index in [9.17, 15) is 4.79 Å². The quantitative estimate of drug-likeness (QED) is 0.502. The topological polar surface area (TPSA) is 17.1 Å². The number of benzene rings is 1. The molecule has 0 saturated carbocycles. The first kappa shape index (κ1) is 11.7. The molecule has 0 amide bonds. The van der Waals surface area contributed by atoms with Crippen molar-refractivity contribution in [2.75, 3.05) is 0 Å². The molecule has 0 aliphatic heterocycles. The van der Waals surface area contributed by atoms with Crippen LogP contribution in [0.15, 0.2) is 48.6 Å². The molecule has 0 radical (unpaired) electrons. The van der Waals surface area contributed by atoms with Crippen LogP contribution in [0.3, 0.4) is 0 Å². The molecule has 0 atom stereocenters. The number of aldehydes is 1. The number of allylic oxidation sites excluding steroid dienone is 2. The number of carbonyl (C=O) groups is 1. The zero-order chi connectivity index (χ0) is 10.8. The monoisotopic (exact) mass is 202 g/mol. The van der Waals surface area contributed by atoms with E-state index in [0.29, 0.717) is 5.92 Å². The summed E-state index contributed by atoms with van der Waals surface area (Å²) in [6.45, 7) is 0. The van der Waals surface area contributed by atoms with Crippen LogP contribution in [-0.2, 0) is 4.79 Å². The molecule has 0 unspecified atom stereocenters. The van der Waals surface area contributed by atoms with Crippen molar-refractivity contribution in [3.05, 3.63) is 48.6 Å². The van der Waals surface area contributed by atoms with Crippen molar-refractivity contribution in [3.8, 4) is 0 Å².